The summed E-state index contributed by atoms with van der Waals surface area (Å²) in [6, 6.07) is 5.40. The monoisotopic (exact) mass is 366 g/mol. The molecular formula is C17H20BrFN2O. The van der Waals surface area contributed by atoms with Gasteiger partial charge in [0.05, 0.1) is 5.69 Å². The van der Waals surface area contributed by atoms with Gasteiger partial charge in [0, 0.05) is 34.6 Å². The molecule has 1 fully saturated rings. The van der Waals surface area contributed by atoms with Crippen LogP contribution in [0.1, 0.15) is 48.4 Å². The van der Waals surface area contributed by atoms with Crippen molar-refractivity contribution in [3.8, 4) is 0 Å². The number of aromatic nitrogens is 1. The van der Waals surface area contributed by atoms with Crippen LogP contribution < -0.4 is 0 Å². The summed E-state index contributed by atoms with van der Waals surface area (Å²) < 4.78 is 20.4. The lowest BCUT2D eigenvalue weighted by Crippen LogP contribution is -2.24. The highest BCUT2D eigenvalue weighted by Crippen LogP contribution is 2.37. The Kier molecular flexibility index (Phi) is 4.64. The summed E-state index contributed by atoms with van der Waals surface area (Å²) >= 11 is 3.42. The molecule has 2 aromatic rings. The van der Waals surface area contributed by atoms with Gasteiger partial charge >= 0.3 is 0 Å². The second-order valence-corrected chi connectivity index (χ2v) is 6.74. The molecule has 0 saturated carbocycles. The summed E-state index contributed by atoms with van der Waals surface area (Å²) in [6.07, 6.45) is 3.03. The largest absolute Gasteiger partial charge is 0.361 e. The predicted molar refractivity (Wildman–Crippen MR) is 87.1 cm³/mol. The first-order valence-corrected chi connectivity index (χ1v) is 8.52. The van der Waals surface area contributed by atoms with Crippen LogP contribution in [0.15, 0.2) is 27.2 Å². The number of aryl methyl sites for hydroxylation is 2. The van der Waals surface area contributed by atoms with Crippen LogP contribution in [0.5, 0.6) is 0 Å². The van der Waals surface area contributed by atoms with E-state index in [0.717, 1.165) is 47.3 Å². The molecule has 1 aliphatic rings. The number of hydrogen-bond acceptors (Lipinski definition) is 3. The molecule has 1 saturated heterocycles. The van der Waals surface area contributed by atoms with E-state index >= 15 is 0 Å². The van der Waals surface area contributed by atoms with Gasteiger partial charge in [0.2, 0.25) is 0 Å². The minimum atomic E-state index is -0.147. The highest BCUT2D eigenvalue weighted by molar-refractivity contribution is 9.10. The van der Waals surface area contributed by atoms with Crippen molar-refractivity contribution in [2.24, 2.45) is 0 Å². The number of hydrogen-bond donors (Lipinski definition) is 0. The third-order valence-electron chi connectivity index (χ3n) is 4.38. The fraction of sp³-hybridized carbons (Fsp3) is 0.471. The van der Waals surface area contributed by atoms with Gasteiger partial charge in [-0.25, -0.2) is 4.39 Å². The third-order valence-corrected chi connectivity index (χ3v) is 4.88. The standard InChI is InChI=1S/C17H20BrFN2O/c1-3-16-17(11(2)20-22-16)15-5-4-8-21(15)10-12-9-13(18)6-7-14(12)19/h6-7,9,15H,3-5,8,10H2,1-2H3/t15-/m1/s1. The minimum absolute atomic E-state index is 0.147. The van der Waals surface area contributed by atoms with Gasteiger partial charge in [-0.1, -0.05) is 28.0 Å². The maximum absolute atomic E-state index is 14.0. The zero-order valence-electron chi connectivity index (χ0n) is 12.9. The number of likely N-dealkylation sites (tertiary alicyclic amines) is 1. The van der Waals surface area contributed by atoms with Crippen LogP contribution in [-0.2, 0) is 13.0 Å². The summed E-state index contributed by atoms with van der Waals surface area (Å²) in [6.45, 7) is 5.67. The van der Waals surface area contributed by atoms with Gasteiger partial charge < -0.3 is 4.52 Å². The van der Waals surface area contributed by atoms with Crippen molar-refractivity contribution in [1.29, 1.82) is 0 Å². The van der Waals surface area contributed by atoms with Gasteiger partial charge in [0.25, 0.3) is 0 Å². The van der Waals surface area contributed by atoms with E-state index < -0.39 is 0 Å². The van der Waals surface area contributed by atoms with Crippen LogP contribution in [0.25, 0.3) is 0 Å². The van der Waals surface area contributed by atoms with Gasteiger partial charge in [-0.3, -0.25) is 4.90 Å². The SMILES string of the molecule is CCc1onc(C)c1[C@H]1CCCN1Cc1cc(Br)ccc1F. The second kappa shape index (κ2) is 6.50. The summed E-state index contributed by atoms with van der Waals surface area (Å²) in [5.74, 6) is 0.815. The molecule has 1 atom stereocenters. The highest BCUT2D eigenvalue weighted by atomic mass is 79.9. The second-order valence-electron chi connectivity index (χ2n) is 5.82. The van der Waals surface area contributed by atoms with E-state index in [0.29, 0.717) is 6.54 Å². The van der Waals surface area contributed by atoms with Crippen molar-refractivity contribution in [2.75, 3.05) is 6.54 Å². The Bertz CT molecular complexity index is 671. The molecule has 3 rings (SSSR count). The number of nitrogens with zero attached hydrogens (tertiary/aromatic N) is 2. The van der Waals surface area contributed by atoms with Gasteiger partial charge in [-0.15, -0.1) is 0 Å². The van der Waals surface area contributed by atoms with Crippen molar-refractivity contribution in [2.45, 2.75) is 45.7 Å². The van der Waals surface area contributed by atoms with E-state index in [1.807, 2.05) is 13.0 Å². The predicted octanol–water partition coefficient (Wildman–Crippen LogP) is 4.78. The van der Waals surface area contributed by atoms with Crippen LogP contribution >= 0.6 is 15.9 Å². The zero-order chi connectivity index (χ0) is 15.7. The molecule has 0 bridgehead atoms. The van der Waals surface area contributed by atoms with Crippen molar-refractivity contribution in [3.63, 3.8) is 0 Å². The first-order chi connectivity index (χ1) is 10.6. The summed E-state index contributed by atoms with van der Waals surface area (Å²) in [4.78, 5) is 2.34. The smallest absolute Gasteiger partial charge is 0.141 e. The van der Waals surface area contributed by atoms with E-state index in [1.54, 1.807) is 6.07 Å². The van der Waals surface area contributed by atoms with Crippen LogP contribution in [0, 0.1) is 12.7 Å². The van der Waals surface area contributed by atoms with E-state index in [2.05, 4.69) is 32.9 Å². The summed E-state index contributed by atoms with van der Waals surface area (Å²) in [5.41, 5.74) is 2.90. The third kappa shape index (κ3) is 2.97. The maximum atomic E-state index is 14.0. The number of halogens is 2. The zero-order valence-corrected chi connectivity index (χ0v) is 14.5. The molecule has 22 heavy (non-hydrogen) atoms. The average Bonchev–Trinajstić information content (AvgIpc) is 3.08. The summed E-state index contributed by atoms with van der Waals surface area (Å²) in [7, 11) is 0. The fourth-order valence-electron chi connectivity index (χ4n) is 3.33. The molecule has 1 aliphatic heterocycles. The average molecular weight is 367 g/mol. The number of rotatable bonds is 4. The Morgan fingerprint density at radius 2 is 2.27 bits per heavy atom. The molecule has 0 unspecified atom stereocenters. The lowest BCUT2D eigenvalue weighted by atomic mass is 10.0. The van der Waals surface area contributed by atoms with E-state index in [4.69, 9.17) is 4.52 Å². The fourth-order valence-corrected chi connectivity index (χ4v) is 3.74. The normalized spacial score (nSPS) is 19.0. The van der Waals surface area contributed by atoms with Crippen LogP contribution in [0.3, 0.4) is 0 Å². The molecule has 2 heterocycles. The van der Waals surface area contributed by atoms with Gasteiger partial charge in [0.15, 0.2) is 0 Å². The molecule has 0 N–H and O–H groups in total. The first-order valence-electron chi connectivity index (χ1n) is 7.73. The van der Waals surface area contributed by atoms with Gasteiger partial charge in [-0.2, -0.15) is 0 Å². The Morgan fingerprint density at radius 3 is 3.05 bits per heavy atom. The Morgan fingerprint density at radius 1 is 1.45 bits per heavy atom. The Balaban J connectivity index is 1.87. The quantitative estimate of drug-likeness (QED) is 0.779. The van der Waals surface area contributed by atoms with Gasteiger partial charge in [-0.05, 0) is 44.5 Å². The number of benzene rings is 1. The van der Waals surface area contributed by atoms with Crippen molar-refractivity contribution >= 4 is 15.9 Å². The van der Waals surface area contributed by atoms with Crippen LogP contribution in [0.4, 0.5) is 4.39 Å². The lowest BCUT2D eigenvalue weighted by molar-refractivity contribution is 0.241. The molecule has 0 aliphatic carbocycles. The first kappa shape index (κ1) is 15.7. The van der Waals surface area contributed by atoms with E-state index in [9.17, 15) is 4.39 Å². The summed E-state index contributed by atoms with van der Waals surface area (Å²) in [5, 5.41) is 4.12. The molecule has 1 aromatic carbocycles. The molecule has 0 amide bonds. The minimum Gasteiger partial charge on any atom is -0.361 e. The Labute approximate surface area is 138 Å². The highest BCUT2D eigenvalue weighted by Gasteiger charge is 2.31. The van der Waals surface area contributed by atoms with Crippen molar-refractivity contribution in [1.82, 2.24) is 10.1 Å². The van der Waals surface area contributed by atoms with Crippen LogP contribution in [-0.4, -0.2) is 16.6 Å². The topological polar surface area (TPSA) is 29.3 Å². The molecule has 118 valence electrons. The van der Waals surface area contributed by atoms with Gasteiger partial charge in [0.1, 0.15) is 11.6 Å². The van der Waals surface area contributed by atoms with E-state index in [-0.39, 0.29) is 11.9 Å². The lowest BCUT2D eigenvalue weighted by Gasteiger charge is -2.25. The van der Waals surface area contributed by atoms with Crippen LogP contribution in [0.2, 0.25) is 0 Å². The molecule has 0 radical (unpaired) electrons. The Hall–Kier alpha value is -1.20. The van der Waals surface area contributed by atoms with Crippen molar-refractivity contribution in [3.05, 3.63) is 51.1 Å². The molecular weight excluding hydrogens is 347 g/mol. The van der Waals surface area contributed by atoms with E-state index in [1.165, 1.54) is 11.6 Å². The molecule has 3 nitrogen and oxygen atoms in total. The molecule has 5 heteroatoms. The maximum Gasteiger partial charge on any atom is 0.141 e. The molecule has 0 spiro atoms. The van der Waals surface area contributed by atoms with Crippen molar-refractivity contribution < 1.29 is 8.91 Å². The molecule has 1 aromatic heterocycles.